The van der Waals surface area contributed by atoms with Gasteiger partial charge in [0, 0.05) is 51.3 Å². The van der Waals surface area contributed by atoms with Gasteiger partial charge in [-0.15, -0.1) is 0 Å². The summed E-state index contributed by atoms with van der Waals surface area (Å²) in [7, 11) is 3.24. The van der Waals surface area contributed by atoms with Crippen LogP contribution in [0.2, 0.25) is 0 Å². The Balaban J connectivity index is 2.01. The van der Waals surface area contributed by atoms with Crippen molar-refractivity contribution < 1.29 is 28.2 Å². The molecule has 1 N–H and O–H groups in total. The number of benzene rings is 2. The number of amides is 3. The van der Waals surface area contributed by atoms with Gasteiger partial charge in [-0.05, 0) is 31.2 Å². The molecule has 2 aromatic carbocycles. The second kappa shape index (κ2) is 12.0. The highest BCUT2D eigenvalue weighted by Gasteiger charge is 2.31. The van der Waals surface area contributed by atoms with Crippen LogP contribution >= 0.6 is 0 Å². The minimum atomic E-state index is -0.593. The summed E-state index contributed by atoms with van der Waals surface area (Å²) in [6.45, 7) is 6.10. The van der Waals surface area contributed by atoms with E-state index < -0.39 is 17.8 Å². The lowest BCUT2D eigenvalue weighted by Gasteiger charge is -2.36. The van der Waals surface area contributed by atoms with E-state index in [1.807, 2.05) is 13.8 Å². The molecule has 0 radical (unpaired) electrons. The van der Waals surface area contributed by atoms with E-state index >= 15 is 0 Å². The summed E-state index contributed by atoms with van der Waals surface area (Å²) in [4.78, 5) is 41.7. The highest BCUT2D eigenvalue weighted by Crippen LogP contribution is 2.27. The monoisotopic (exact) mass is 499 g/mol. The van der Waals surface area contributed by atoms with Gasteiger partial charge < -0.3 is 24.6 Å². The zero-order valence-electron chi connectivity index (χ0n) is 21.4. The molecule has 2 aromatic rings. The fraction of sp³-hybridized carbons (Fsp3) is 0.444. The number of nitrogens with zero attached hydrogens (tertiary/aromatic N) is 2. The van der Waals surface area contributed by atoms with Crippen LogP contribution in [0.4, 0.5) is 10.1 Å². The Morgan fingerprint density at radius 2 is 1.89 bits per heavy atom. The van der Waals surface area contributed by atoms with Crippen molar-refractivity contribution >= 4 is 23.4 Å². The number of nitrogens with one attached hydrogen (secondary N) is 1. The standard InChI is InChI=1S/C27H34FN3O5/c1-6-25(32)29-19-11-12-21-23(13-19)36-16-18(3)31(27(34)20-9-7-8-10-22(20)28)14-17(2)24(35-5)15-30(4)26(21)33/h7-13,17-18,24H,6,14-16H2,1-5H3,(H,29,32)/t17-,18-,24-/m1/s1. The van der Waals surface area contributed by atoms with Crippen molar-refractivity contribution in [1.29, 1.82) is 0 Å². The third kappa shape index (κ3) is 6.20. The van der Waals surface area contributed by atoms with Crippen molar-refractivity contribution in [2.24, 2.45) is 5.92 Å². The number of likely N-dealkylation sites (N-methyl/N-ethyl adjacent to an activating group) is 1. The van der Waals surface area contributed by atoms with Gasteiger partial charge in [-0.25, -0.2) is 4.39 Å². The van der Waals surface area contributed by atoms with Crippen LogP contribution in [0, 0.1) is 11.7 Å². The Morgan fingerprint density at radius 1 is 1.17 bits per heavy atom. The summed E-state index contributed by atoms with van der Waals surface area (Å²) in [6, 6.07) is 10.3. The SMILES string of the molecule is CCC(=O)Nc1ccc2c(c1)OC[C@@H](C)N(C(=O)c1ccccc1F)C[C@@H](C)[C@H](OC)CN(C)C2=O. The number of ether oxygens (including phenoxy) is 2. The molecule has 36 heavy (non-hydrogen) atoms. The summed E-state index contributed by atoms with van der Waals surface area (Å²) in [6.07, 6.45) is -0.0608. The number of hydrogen-bond acceptors (Lipinski definition) is 5. The van der Waals surface area contributed by atoms with Crippen LogP contribution in [0.3, 0.4) is 0 Å². The molecule has 3 amide bonds. The van der Waals surface area contributed by atoms with Crippen molar-refractivity contribution in [3.8, 4) is 5.75 Å². The highest BCUT2D eigenvalue weighted by atomic mass is 19.1. The predicted molar refractivity (Wildman–Crippen MR) is 135 cm³/mol. The van der Waals surface area contributed by atoms with E-state index in [0.29, 0.717) is 17.7 Å². The van der Waals surface area contributed by atoms with Crippen LogP contribution in [0.5, 0.6) is 5.75 Å². The molecular weight excluding hydrogens is 465 g/mol. The van der Waals surface area contributed by atoms with Crippen LogP contribution in [0.25, 0.3) is 0 Å². The average molecular weight is 500 g/mol. The molecule has 0 saturated carbocycles. The van der Waals surface area contributed by atoms with Gasteiger partial charge in [0.25, 0.3) is 11.8 Å². The maximum Gasteiger partial charge on any atom is 0.257 e. The summed E-state index contributed by atoms with van der Waals surface area (Å²) in [5.41, 5.74) is 0.808. The van der Waals surface area contributed by atoms with Gasteiger partial charge in [-0.2, -0.15) is 0 Å². The molecule has 0 spiro atoms. The number of halogens is 1. The molecule has 9 heteroatoms. The minimum Gasteiger partial charge on any atom is -0.491 e. The van der Waals surface area contributed by atoms with E-state index in [4.69, 9.17) is 9.47 Å². The quantitative estimate of drug-likeness (QED) is 0.691. The number of fused-ring (bicyclic) bond motifs is 1. The summed E-state index contributed by atoms with van der Waals surface area (Å²) in [5.74, 6) is -1.33. The molecular formula is C27H34FN3O5. The number of methoxy groups -OCH3 is 1. The molecule has 3 rings (SSSR count). The van der Waals surface area contributed by atoms with Crippen molar-refractivity contribution in [2.45, 2.75) is 39.3 Å². The van der Waals surface area contributed by atoms with Crippen LogP contribution in [-0.4, -0.2) is 73.5 Å². The highest BCUT2D eigenvalue weighted by molar-refractivity contribution is 5.98. The number of hydrogen-bond donors (Lipinski definition) is 1. The number of anilines is 1. The van der Waals surface area contributed by atoms with Crippen LogP contribution in [0.15, 0.2) is 42.5 Å². The average Bonchev–Trinajstić information content (AvgIpc) is 2.87. The Hall–Kier alpha value is -3.46. The third-order valence-electron chi connectivity index (χ3n) is 6.42. The molecule has 194 valence electrons. The molecule has 0 saturated heterocycles. The fourth-order valence-electron chi connectivity index (χ4n) is 4.17. The maximum atomic E-state index is 14.5. The number of rotatable bonds is 4. The van der Waals surface area contributed by atoms with E-state index in [1.54, 1.807) is 55.1 Å². The van der Waals surface area contributed by atoms with Gasteiger partial charge in [0.2, 0.25) is 5.91 Å². The lowest BCUT2D eigenvalue weighted by atomic mass is 10.0. The smallest absolute Gasteiger partial charge is 0.257 e. The van der Waals surface area contributed by atoms with E-state index in [2.05, 4.69) is 5.32 Å². The first kappa shape index (κ1) is 27.1. The van der Waals surface area contributed by atoms with E-state index in [1.165, 1.54) is 18.2 Å². The molecule has 0 fully saturated rings. The summed E-state index contributed by atoms with van der Waals surface area (Å²) < 4.78 is 26.3. The van der Waals surface area contributed by atoms with Crippen molar-refractivity contribution in [3.05, 3.63) is 59.4 Å². The number of carbonyl (C=O) groups is 3. The van der Waals surface area contributed by atoms with Crippen molar-refractivity contribution in [3.63, 3.8) is 0 Å². The molecule has 8 nitrogen and oxygen atoms in total. The van der Waals surface area contributed by atoms with E-state index in [0.717, 1.165) is 0 Å². The van der Waals surface area contributed by atoms with Gasteiger partial charge in [-0.3, -0.25) is 14.4 Å². The van der Waals surface area contributed by atoms with Crippen molar-refractivity contribution in [1.82, 2.24) is 9.80 Å². The second-order valence-corrected chi connectivity index (χ2v) is 9.15. The first-order valence-corrected chi connectivity index (χ1v) is 12.1. The Labute approximate surface area is 211 Å². The zero-order chi connectivity index (χ0) is 26.4. The van der Waals surface area contributed by atoms with Gasteiger partial charge in [0.15, 0.2) is 0 Å². The van der Waals surface area contributed by atoms with Crippen LogP contribution in [-0.2, 0) is 9.53 Å². The Morgan fingerprint density at radius 3 is 2.56 bits per heavy atom. The second-order valence-electron chi connectivity index (χ2n) is 9.15. The molecule has 0 unspecified atom stereocenters. The predicted octanol–water partition coefficient (Wildman–Crippen LogP) is 3.82. The largest absolute Gasteiger partial charge is 0.491 e. The molecule has 0 aliphatic carbocycles. The van der Waals surface area contributed by atoms with Crippen LogP contribution < -0.4 is 10.1 Å². The lowest BCUT2D eigenvalue weighted by molar-refractivity contribution is -0.115. The number of carbonyl (C=O) groups excluding carboxylic acids is 3. The third-order valence-corrected chi connectivity index (χ3v) is 6.42. The van der Waals surface area contributed by atoms with E-state index in [-0.39, 0.29) is 54.8 Å². The molecule has 1 aliphatic rings. The van der Waals surface area contributed by atoms with Gasteiger partial charge >= 0.3 is 0 Å². The summed E-state index contributed by atoms with van der Waals surface area (Å²) in [5, 5.41) is 2.77. The van der Waals surface area contributed by atoms with E-state index in [9.17, 15) is 18.8 Å². The van der Waals surface area contributed by atoms with Gasteiger partial charge in [0.1, 0.15) is 18.2 Å². The van der Waals surface area contributed by atoms with Crippen molar-refractivity contribution in [2.75, 3.05) is 39.2 Å². The molecule has 1 aliphatic heterocycles. The maximum absolute atomic E-state index is 14.5. The molecule has 3 atom stereocenters. The Kier molecular flexibility index (Phi) is 9.03. The molecule has 1 heterocycles. The molecule has 0 aromatic heterocycles. The van der Waals surface area contributed by atoms with Gasteiger partial charge in [-0.1, -0.05) is 26.0 Å². The molecule has 0 bridgehead atoms. The minimum absolute atomic E-state index is 0.0186. The normalized spacial score (nSPS) is 21.1. The first-order valence-electron chi connectivity index (χ1n) is 12.1. The van der Waals surface area contributed by atoms with Crippen LogP contribution in [0.1, 0.15) is 47.9 Å². The van der Waals surface area contributed by atoms with Gasteiger partial charge in [0.05, 0.1) is 23.3 Å². The first-order chi connectivity index (χ1) is 17.2. The topological polar surface area (TPSA) is 88.2 Å². The lowest BCUT2D eigenvalue weighted by Crippen LogP contribution is -2.48. The Bertz CT molecular complexity index is 1110. The fourth-order valence-corrected chi connectivity index (χ4v) is 4.17. The summed E-state index contributed by atoms with van der Waals surface area (Å²) >= 11 is 0. The zero-order valence-corrected chi connectivity index (χ0v) is 21.4.